The van der Waals surface area contributed by atoms with Gasteiger partial charge in [-0.1, -0.05) is 13.3 Å². The average Bonchev–Trinajstić information content (AvgIpc) is 2.88. The van der Waals surface area contributed by atoms with Crippen LogP contribution in [0.5, 0.6) is 0 Å². The number of nitrogens with zero attached hydrogens (tertiary/aromatic N) is 1. The SMILES string of the molecule is CCCCNC(=O)N(C)CC1CC1. The van der Waals surface area contributed by atoms with Crippen LogP contribution in [0.15, 0.2) is 0 Å². The molecule has 0 unspecified atom stereocenters. The van der Waals surface area contributed by atoms with E-state index in [0.29, 0.717) is 0 Å². The van der Waals surface area contributed by atoms with Crippen LogP contribution in [-0.4, -0.2) is 31.1 Å². The Kier molecular flexibility index (Phi) is 4.06. The molecule has 0 atom stereocenters. The maximum Gasteiger partial charge on any atom is 0.317 e. The first-order valence-corrected chi connectivity index (χ1v) is 5.23. The van der Waals surface area contributed by atoms with Crippen LogP contribution >= 0.6 is 0 Å². The van der Waals surface area contributed by atoms with Crippen molar-refractivity contribution in [2.75, 3.05) is 20.1 Å². The van der Waals surface area contributed by atoms with Crippen LogP contribution in [0.4, 0.5) is 4.79 Å². The fraction of sp³-hybridized carbons (Fsp3) is 0.900. The fourth-order valence-electron chi connectivity index (χ4n) is 1.28. The number of hydrogen-bond acceptors (Lipinski definition) is 1. The Balaban J connectivity index is 2.05. The van der Waals surface area contributed by atoms with Gasteiger partial charge in [0, 0.05) is 20.1 Å². The molecule has 13 heavy (non-hydrogen) atoms. The molecule has 76 valence electrons. The van der Waals surface area contributed by atoms with Gasteiger partial charge in [0.05, 0.1) is 0 Å². The van der Waals surface area contributed by atoms with E-state index in [2.05, 4.69) is 12.2 Å². The van der Waals surface area contributed by atoms with Crippen molar-refractivity contribution in [1.29, 1.82) is 0 Å². The van der Waals surface area contributed by atoms with Gasteiger partial charge in [-0.2, -0.15) is 0 Å². The Hall–Kier alpha value is -0.730. The maximum absolute atomic E-state index is 11.4. The predicted molar refractivity (Wildman–Crippen MR) is 53.7 cm³/mol. The number of urea groups is 1. The summed E-state index contributed by atoms with van der Waals surface area (Å²) >= 11 is 0. The van der Waals surface area contributed by atoms with Gasteiger partial charge in [0.15, 0.2) is 0 Å². The van der Waals surface area contributed by atoms with E-state index >= 15 is 0 Å². The molecule has 1 fully saturated rings. The van der Waals surface area contributed by atoms with Gasteiger partial charge in [-0.25, -0.2) is 4.79 Å². The maximum atomic E-state index is 11.4. The highest BCUT2D eigenvalue weighted by Gasteiger charge is 2.24. The molecule has 1 N–H and O–H groups in total. The molecule has 0 bridgehead atoms. The summed E-state index contributed by atoms with van der Waals surface area (Å²) in [4.78, 5) is 13.2. The van der Waals surface area contributed by atoms with Crippen LogP contribution in [-0.2, 0) is 0 Å². The highest BCUT2D eigenvalue weighted by atomic mass is 16.2. The minimum absolute atomic E-state index is 0.0837. The van der Waals surface area contributed by atoms with Crippen LogP contribution in [0.25, 0.3) is 0 Å². The standard InChI is InChI=1S/C10H20N2O/c1-3-4-7-11-10(13)12(2)8-9-5-6-9/h9H,3-8H2,1-2H3,(H,11,13). The van der Waals surface area contributed by atoms with Crippen molar-refractivity contribution >= 4 is 6.03 Å². The second kappa shape index (κ2) is 5.10. The van der Waals surface area contributed by atoms with Crippen molar-refractivity contribution in [3.8, 4) is 0 Å². The van der Waals surface area contributed by atoms with Gasteiger partial charge in [0.1, 0.15) is 0 Å². The number of amides is 2. The second-order valence-electron chi connectivity index (χ2n) is 3.91. The lowest BCUT2D eigenvalue weighted by atomic mass is 10.3. The molecule has 0 spiro atoms. The van der Waals surface area contributed by atoms with E-state index in [1.165, 1.54) is 12.8 Å². The molecule has 3 heteroatoms. The van der Waals surface area contributed by atoms with Crippen LogP contribution in [0.1, 0.15) is 32.6 Å². The molecular weight excluding hydrogens is 164 g/mol. The summed E-state index contributed by atoms with van der Waals surface area (Å²) in [6.45, 7) is 3.86. The van der Waals surface area contributed by atoms with Crippen LogP contribution in [0, 0.1) is 5.92 Å². The van der Waals surface area contributed by atoms with Gasteiger partial charge in [-0.05, 0) is 25.2 Å². The molecule has 0 aromatic heterocycles. The zero-order valence-electron chi connectivity index (χ0n) is 8.68. The second-order valence-corrected chi connectivity index (χ2v) is 3.91. The Morgan fingerprint density at radius 3 is 2.77 bits per heavy atom. The number of unbranched alkanes of at least 4 members (excludes halogenated alkanes) is 1. The Bertz CT molecular complexity index is 166. The van der Waals surface area contributed by atoms with Crippen molar-refractivity contribution in [2.24, 2.45) is 5.92 Å². The first kappa shape index (κ1) is 10.4. The summed E-state index contributed by atoms with van der Waals surface area (Å²) in [7, 11) is 1.87. The summed E-state index contributed by atoms with van der Waals surface area (Å²) in [5, 5.41) is 2.90. The molecule has 2 amide bonds. The number of nitrogens with one attached hydrogen (secondary N) is 1. The molecule has 0 aromatic carbocycles. The van der Waals surface area contributed by atoms with E-state index in [0.717, 1.165) is 31.8 Å². The van der Waals surface area contributed by atoms with E-state index in [1.54, 1.807) is 4.90 Å². The van der Waals surface area contributed by atoms with Crippen LogP contribution in [0.3, 0.4) is 0 Å². The summed E-state index contributed by atoms with van der Waals surface area (Å²) in [5.74, 6) is 0.780. The third kappa shape index (κ3) is 4.15. The zero-order chi connectivity index (χ0) is 9.68. The van der Waals surface area contributed by atoms with Gasteiger partial charge in [0.25, 0.3) is 0 Å². The molecule has 0 aromatic rings. The molecule has 0 aliphatic heterocycles. The lowest BCUT2D eigenvalue weighted by Crippen LogP contribution is -2.38. The van der Waals surface area contributed by atoms with Gasteiger partial charge in [0.2, 0.25) is 0 Å². The minimum Gasteiger partial charge on any atom is -0.338 e. The molecule has 0 heterocycles. The number of rotatable bonds is 5. The molecule has 1 saturated carbocycles. The third-order valence-electron chi connectivity index (χ3n) is 2.38. The van der Waals surface area contributed by atoms with Gasteiger partial charge in [-0.3, -0.25) is 0 Å². The van der Waals surface area contributed by atoms with Crippen molar-refractivity contribution in [3.05, 3.63) is 0 Å². The molecule has 1 rings (SSSR count). The predicted octanol–water partition coefficient (Wildman–Crippen LogP) is 1.84. The van der Waals surface area contributed by atoms with Crippen LogP contribution < -0.4 is 5.32 Å². The Labute approximate surface area is 80.5 Å². The molecular formula is C10H20N2O. The monoisotopic (exact) mass is 184 g/mol. The minimum atomic E-state index is 0.0837. The summed E-state index contributed by atoms with van der Waals surface area (Å²) in [6.07, 6.45) is 4.80. The normalized spacial score (nSPS) is 15.5. The molecule has 3 nitrogen and oxygen atoms in total. The smallest absolute Gasteiger partial charge is 0.317 e. The largest absolute Gasteiger partial charge is 0.338 e. The number of carbonyl (C=O) groups excluding carboxylic acids is 1. The van der Waals surface area contributed by atoms with Crippen molar-refractivity contribution in [1.82, 2.24) is 10.2 Å². The lowest BCUT2D eigenvalue weighted by molar-refractivity contribution is 0.207. The van der Waals surface area contributed by atoms with E-state index in [9.17, 15) is 4.79 Å². The average molecular weight is 184 g/mol. The van der Waals surface area contributed by atoms with E-state index in [-0.39, 0.29) is 6.03 Å². The van der Waals surface area contributed by atoms with E-state index < -0.39 is 0 Å². The van der Waals surface area contributed by atoms with E-state index in [4.69, 9.17) is 0 Å². The topological polar surface area (TPSA) is 32.3 Å². The van der Waals surface area contributed by atoms with Crippen molar-refractivity contribution in [2.45, 2.75) is 32.6 Å². The summed E-state index contributed by atoms with van der Waals surface area (Å²) in [6, 6.07) is 0.0837. The summed E-state index contributed by atoms with van der Waals surface area (Å²) < 4.78 is 0. The van der Waals surface area contributed by atoms with Gasteiger partial charge >= 0.3 is 6.03 Å². The van der Waals surface area contributed by atoms with Crippen molar-refractivity contribution < 1.29 is 4.79 Å². The molecule has 0 saturated heterocycles. The molecule has 1 aliphatic carbocycles. The molecule has 1 aliphatic rings. The van der Waals surface area contributed by atoms with Crippen molar-refractivity contribution in [3.63, 3.8) is 0 Å². The Morgan fingerprint density at radius 2 is 2.23 bits per heavy atom. The highest BCUT2D eigenvalue weighted by molar-refractivity contribution is 5.73. The quantitative estimate of drug-likeness (QED) is 0.650. The van der Waals surface area contributed by atoms with E-state index in [1.807, 2.05) is 7.05 Å². The third-order valence-corrected chi connectivity index (χ3v) is 2.38. The zero-order valence-corrected chi connectivity index (χ0v) is 8.68. The highest BCUT2D eigenvalue weighted by Crippen LogP contribution is 2.29. The number of carbonyl (C=O) groups is 1. The summed E-state index contributed by atoms with van der Waals surface area (Å²) in [5.41, 5.74) is 0. The number of hydrogen-bond donors (Lipinski definition) is 1. The lowest BCUT2D eigenvalue weighted by Gasteiger charge is -2.17. The van der Waals surface area contributed by atoms with Crippen LogP contribution in [0.2, 0.25) is 0 Å². The molecule has 0 radical (unpaired) electrons. The van der Waals surface area contributed by atoms with Gasteiger partial charge < -0.3 is 10.2 Å². The Morgan fingerprint density at radius 1 is 1.54 bits per heavy atom. The first-order chi connectivity index (χ1) is 6.24. The fourth-order valence-corrected chi connectivity index (χ4v) is 1.28. The van der Waals surface area contributed by atoms with Gasteiger partial charge in [-0.15, -0.1) is 0 Å². The first-order valence-electron chi connectivity index (χ1n) is 5.23.